The van der Waals surface area contributed by atoms with Crippen molar-refractivity contribution in [2.75, 3.05) is 0 Å². The van der Waals surface area contributed by atoms with E-state index in [0.717, 1.165) is 0 Å². The van der Waals surface area contributed by atoms with Crippen LogP contribution in [0.15, 0.2) is 16.7 Å². The molecule has 0 atom stereocenters. The second-order valence-corrected chi connectivity index (χ2v) is 1.74. The zero-order valence-electron chi connectivity index (χ0n) is 5.33. The molecule has 1 rings (SSSR count). The molecule has 0 aliphatic carbocycles. The van der Waals surface area contributed by atoms with Crippen molar-refractivity contribution < 1.29 is 14.3 Å². The lowest BCUT2D eigenvalue weighted by atomic mass is 10.3. The Bertz CT molecular complexity index is 229. The third-order valence-electron chi connectivity index (χ3n) is 1.06. The standard InChI is InChI=1S/C6H6O3.ClH/c1-4-2-3-9-5(4)6(7)8;/h2-3H,1H3,(H,7,8);1H. The number of halogens is 1. The first kappa shape index (κ1) is 9.04. The predicted molar refractivity (Wildman–Crippen MR) is 37.7 cm³/mol. The van der Waals surface area contributed by atoms with Gasteiger partial charge in [0, 0.05) is 5.56 Å². The SMILES string of the molecule is Cc1ccoc1C(=O)O.Cl. The fourth-order valence-electron chi connectivity index (χ4n) is 0.592. The van der Waals surface area contributed by atoms with Crippen molar-refractivity contribution in [3.05, 3.63) is 23.7 Å². The Labute approximate surface area is 64.1 Å². The summed E-state index contributed by atoms with van der Waals surface area (Å²) in [6.07, 6.45) is 1.36. The van der Waals surface area contributed by atoms with Gasteiger partial charge in [-0.3, -0.25) is 0 Å². The van der Waals surface area contributed by atoms with Crippen molar-refractivity contribution in [2.45, 2.75) is 6.92 Å². The summed E-state index contributed by atoms with van der Waals surface area (Å²) in [4.78, 5) is 10.2. The summed E-state index contributed by atoms with van der Waals surface area (Å²) in [5, 5.41) is 8.36. The molecule has 0 aromatic carbocycles. The highest BCUT2D eigenvalue weighted by Gasteiger charge is 2.08. The van der Waals surface area contributed by atoms with Gasteiger partial charge in [0.1, 0.15) is 0 Å². The Hall–Kier alpha value is -0.960. The second kappa shape index (κ2) is 3.27. The van der Waals surface area contributed by atoms with Crippen LogP contribution in [0.2, 0.25) is 0 Å². The van der Waals surface area contributed by atoms with E-state index in [1.54, 1.807) is 13.0 Å². The maximum Gasteiger partial charge on any atom is 0.372 e. The molecule has 0 saturated heterocycles. The van der Waals surface area contributed by atoms with Gasteiger partial charge in [-0.1, -0.05) is 0 Å². The molecule has 0 aliphatic heterocycles. The number of carboxylic acid groups (broad SMARTS) is 1. The summed E-state index contributed by atoms with van der Waals surface area (Å²) in [5.41, 5.74) is 0.655. The first-order valence-electron chi connectivity index (χ1n) is 2.49. The van der Waals surface area contributed by atoms with Crippen LogP contribution in [0.1, 0.15) is 16.1 Å². The van der Waals surface area contributed by atoms with Crippen LogP contribution < -0.4 is 0 Å². The number of hydrogen-bond donors (Lipinski definition) is 1. The summed E-state index contributed by atoms with van der Waals surface area (Å²) in [5.74, 6) is -0.993. The molecule has 0 unspecified atom stereocenters. The van der Waals surface area contributed by atoms with Crippen LogP contribution in [-0.2, 0) is 0 Å². The fraction of sp³-hybridized carbons (Fsp3) is 0.167. The van der Waals surface area contributed by atoms with Crippen LogP contribution in [0, 0.1) is 6.92 Å². The summed E-state index contributed by atoms with van der Waals surface area (Å²) >= 11 is 0. The molecule has 1 N–H and O–H groups in total. The number of aryl methyl sites for hydroxylation is 1. The van der Waals surface area contributed by atoms with Crippen molar-refractivity contribution >= 4 is 18.4 Å². The van der Waals surface area contributed by atoms with E-state index in [1.165, 1.54) is 6.26 Å². The minimum Gasteiger partial charge on any atom is -0.475 e. The number of rotatable bonds is 1. The van der Waals surface area contributed by atoms with Gasteiger partial charge in [0.15, 0.2) is 0 Å². The molecule has 56 valence electrons. The van der Waals surface area contributed by atoms with E-state index in [0.29, 0.717) is 5.56 Å². The number of carboxylic acids is 1. The monoisotopic (exact) mass is 162 g/mol. The van der Waals surface area contributed by atoms with E-state index in [2.05, 4.69) is 4.42 Å². The van der Waals surface area contributed by atoms with Gasteiger partial charge in [-0.15, -0.1) is 12.4 Å². The Balaban J connectivity index is 0.000000810. The molecule has 0 spiro atoms. The van der Waals surface area contributed by atoms with Crippen molar-refractivity contribution in [3.8, 4) is 0 Å². The largest absolute Gasteiger partial charge is 0.475 e. The summed E-state index contributed by atoms with van der Waals surface area (Å²) < 4.78 is 4.63. The number of aromatic carboxylic acids is 1. The zero-order chi connectivity index (χ0) is 6.85. The lowest BCUT2D eigenvalue weighted by Gasteiger charge is -1.85. The van der Waals surface area contributed by atoms with Crippen LogP contribution in [0.5, 0.6) is 0 Å². The fourth-order valence-corrected chi connectivity index (χ4v) is 0.592. The third kappa shape index (κ3) is 1.51. The summed E-state index contributed by atoms with van der Waals surface area (Å²) in [6.45, 7) is 1.69. The van der Waals surface area contributed by atoms with Gasteiger partial charge in [-0.25, -0.2) is 4.79 Å². The van der Waals surface area contributed by atoms with Crippen LogP contribution in [0.25, 0.3) is 0 Å². The minimum atomic E-state index is -1.02. The second-order valence-electron chi connectivity index (χ2n) is 1.74. The molecule has 0 radical (unpaired) electrons. The van der Waals surface area contributed by atoms with E-state index >= 15 is 0 Å². The van der Waals surface area contributed by atoms with Crippen LogP contribution in [0.3, 0.4) is 0 Å². The van der Waals surface area contributed by atoms with Gasteiger partial charge in [0.25, 0.3) is 0 Å². The van der Waals surface area contributed by atoms with Crippen LogP contribution in [-0.4, -0.2) is 11.1 Å². The molecule has 10 heavy (non-hydrogen) atoms. The maximum atomic E-state index is 10.2. The predicted octanol–water partition coefficient (Wildman–Crippen LogP) is 1.71. The lowest BCUT2D eigenvalue weighted by Crippen LogP contribution is -1.94. The Morgan fingerprint density at radius 2 is 2.30 bits per heavy atom. The Kier molecular flexibility index (Phi) is 2.96. The van der Waals surface area contributed by atoms with Gasteiger partial charge in [-0.2, -0.15) is 0 Å². The number of hydrogen-bond acceptors (Lipinski definition) is 2. The van der Waals surface area contributed by atoms with E-state index in [-0.39, 0.29) is 18.2 Å². The van der Waals surface area contributed by atoms with Crippen molar-refractivity contribution in [1.29, 1.82) is 0 Å². The van der Waals surface area contributed by atoms with Crippen molar-refractivity contribution in [2.24, 2.45) is 0 Å². The molecule has 0 aliphatic rings. The van der Waals surface area contributed by atoms with Gasteiger partial charge < -0.3 is 9.52 Å². The molecule has 3 nitrogen and oxygen atoms in total. The highest BCUT2D eigenvalue weighted by atomic mass is 35.5. The number of carbonyl (C=O) groups is 1. The van der Waals surface area contributed by atoms with Gasteiger partial charge in [-0.05, 0) is 13.0 Å². The highest BCUT2D eigenvalue weighted by molar-refractivity contribution is 5.86. The lowest BCUT2D eigenvalue weighted by molar-refractivity contribution is 0.0661. The van der Waals surface area contributed by atoms with Crippen molar-refractivity contribution in [3.63, 3.8) is 0 Å². The van der Waals surface area contributed by atoms with E-state index in [9.17, 15) is 4.79 Å². The molecule has 1 aromatic rings. The molecule has 1 aromatic heterocycles. The molecular weight excluding hydrogens is 156 g/mol. The van der Waals surface area contributed by atoms with Gasteiger partial charge in [0.05, 0.1) is 6.26 Å². The average molecular weight is 163 g/mol. The minimum absolute atomic E-state index is 0. The van der Waals surface area contributed by atoms with Gasteiger partial charge >= 0.3 is 5.97 Å². The molecule has 1 heterocycles. The number of furan rings is 1. The zero-order valence-corrected chi connectivity index (χ0v) is 6.14. The summed E-state index contributed by atoms with van der Waals surface area (Å²) in [7, 11) is 0. The van der Waals surface area contributed by atoms with Crippen LogP contribution >= 0.6 is 12.4 Å². The highest BCUT2D eigenvalue weighted by Crippen LogP contribution is 2.07. The first-order valence-corrected chi connectivity index (χ1v) is 2.49. The molecule has 0 amide bonds. The molecular formula is C6H7ClO3. The summed E-state index contributed by atoms with van der Waals surface area (Å²) in [6, 6.07) is 1.61. The first-order chi connectivity index (χ1) is 4.22. The Morgan fingerprint density at radius 3 is 2.50 bits per heavy atom. The third-order valence-corrected chi connectivity index (χ3v) is 1.06. The topological polar surface area (TPSA) is 50.4 Å². The quantitative estimate of drug-likeness (QED) is 0.684. The average Bonchev–Trinajstić information content (AvgIpc) is 2.13. The molecule has 0 bridgehead atoms. The van der Waals surface area contributed by atoms with Crippen molar-refractivity contribution in [1.82, 2.24) is 0 Å². The molecule has 0 fully saturated rings. The van der Waals surface area contributed by atoms with E-state index in [1.807, 2.05) is 0 Å². The normalized spacial score (nSPS) is 8.50. The van der Waals surface area contributed by atoms with E-state index in [4.69, 9.17) is 5.11 Å². The van der Waals surface area contributed by atoms with E-state index < -0.39 is 5.97 Å². The van der Waals surface area contributed by atoms with Crippen LogP contribution in [0.4, 0.5) is 0 Å². The smallest absolute Gasteiger partial charge is 0.372 e. The molecule has 0 saturated carbocycles. The van der Waals surface area contributed by atoms with Gasteiger partial charge in [0.2, 0.25) is 5.76 Å². The molecule has 4 heteroatoms. The Morgan fingerprint density at radius 1 is 1.70 bits per heavy atom. The maximum absolute atomic E-state index is 10.2.